The third-order valence-corrected chi connectivity index (χ3v) is 9.16. The van der Waals surface area contributed by atoms with Gasteiger partial charge >= 0.3 is 0 Å². The number of ether oxygens (including phenoxy) is 1. The van der Waals surface area contributed by atoms with Gasteiger partial charge in [-0.2, -0.15) is 9.61 Å². The van der Waals surface area contributed by atoms with E-state index < -0.39 is 21.5 Å². The second kappa shape index (κ2) is 11.3. The highest BCUT2D eigenvalue weighted by atomic mass is 32.2. The third-order valence-electron chi connectivity index (χ3n) is 8.25. The van der Waals surface area contributed by atoms with E-state index in [4.69, 9.17) is 10.5 Å². The molecule has 0 unspecified atom stereocenters. The summed E-state index contributed by atoms with van der Waals surface area (Å²) in [5.41, 5.74) is 9.61. The molecular formula is C30H34F2N6O3S. The zero-order chi connectivity index (χ0) is 29.6. The first-order chi connectivity index (χ1) is 20.1. The average Bonchev–Trinajstić information content (AvgIpc) is 3.71. The number of halogens is 2. The van der Waals surface area contributed by atoms with Crippen LogP contribution in [0.4, 0.5) is 20.4 Å². The van der Waals surface area contributed by atoms with Crippen molar-refractivity contribution in [1.29, 1.82) is 0 Å². The van der Waals surface area contributed by atoms with Crippen LogP contribution in [0.15, 0.2) is 48.9 Å². The zero-order valence-electron chi connectivity index (χ0n) is 23.5. The predicted octanol–water partition coefficient (Wildman–Crippen LogP) is 4.96. The van der Waals surface area contributed by atoms with E-state index in [1.807, 2.05) is 6.07 Å². The minimum atomic E-state index is -3.12. The molecule has 9 nitrogen and oxygen atoms in total. The largest absolute Gasteiger partial charge is 0.375 e. The van der Waals surface area contributed by atoms with Crippen molar-refractivity contribution >= 4 is 27.0 Å². The number of hydrogen-bond donors (Lipinski definition) is 2. The molecule has 4 aromatic rings. The lowest BCUT2D eigenvalue weighted by Gasteiger charge is -2.39. The molecular weight excluding hydrogens is 562 g/mol. The van der Waals surface area contributed by atoms with E-state index in [-0.39, 0.29) is 53.5 Å². The number of nitrogens with two attached hydrogens (primary N) is 1. The molecule has 12 heteroatoms. The van der Waals surface area contributed by atoms with Crippen molar-refractivity contribution in [2.24, 2.45) is 11.7 Å². The molecule has 0 bridgehead atoms. The number of hydrogen-bond acceptors (Lipinski definition) is 8. The molecule has 0 spiro atoms. The van der Waals surface area contributed by atoms with Crippen LogP contribution < -0.4 is 11.1 Å². The van der Waals surface area contributed by atoms with Crippen molar-refractivity contribution in [1.82, 2.24) is 19.6 Å². The first-order valence-electron chi connectivity index (χ1n) is 14.2. The molecule has 222 valence electrons. The number of aromatic nitrogens is 4. The smallest absolute Gasteiger partial charge is 0.229 e. The van der Waals surface area contributed by atoms with Crippen molar-refractivity contribution in [2.75, 3.05) is 23.9 Å². The van der Waals surface area contributed by atoms with Crippen LogP contribution in [-0.2, 0) is 14.6 Å². The fraction of sp³-hybridized carbons (Fsp3) is 0.433. The molecule has 0 amide bonds. The SMILES string of the molecule is C[C@H]1C[C@@H](c2ccncc2Nc2ncc3ccc(-c4c(F)cc(C5CC5)cc4F)nn23)C[C@@H](N)[C@H]1OCCS(C)(=O)=O. The van der Waals surface area contributed by atoms with E-state index in [2.05, 4.69) is 27.3 Å². The Morgan fingerprint density at radius 1 is 1.10 bits per heavy atom. The summed E-state index contributed by atoms with van der Waals surface area (Å²) < 4.78 is 60.6. The van der Waals surface area contributed by atoms with Crippen molar-refractivity contribution < 1.29 is 21.9 Å². The van der Waals surface area contributed by atoms with Crippen LogP contribution in [0.5, 0.6) is 0 Å². The minimum absolute atomic E-state index is 0.0378. The fourth-order valence-corrected chi connectivity index (χ4v) is 6.42. The van der Waals surface area contributed by atoms with Crippen LogP contribution >= 0.6 is 0 Å². The van der Waals surface area contributed by atoms with Crippen LogP contribution in [0, 0.1) is 17.6 Å². The third kappa shape index (κ3) is 6.02. The van der Waals surface area contributed by atoms with E-state index in [1.165, 1.54) is 22.9 Å². The van der Waals surface area contributed by atoms with Gasteiger partial charge in [-0.25, -0.2) is 22.2 Å². The van der Waals surface area contributed by atoms with Gasteiger partial charge in [0.05, 0.1) is 53.3 Å². The molecule has 0 aliphatic heterocycles. The Balaban J connectivity index is 1.24. The first-order valence-corrected chi connectivity index (χ1v) is 16.2. The molecule has 2 aliphatic rings. The number of anilines is 2. The van der Waals surface area contributed by atoms with Crippen molar-refractivity contribution in [3.63, 3.8) is 0 Å². The Morgan fingerprint density at radius 2 is 1.86 bits per heavy atom. The maximum absolute atomic E-state index is 15.1. The summed E-state index contributed by atoms with van der Waals surface area (Å²) in [6, 6.07) is 7.81. The fourth-order valence-electron chi connectivity index (χ4n) is 6.02. The molecule has 0 saturated heterocycles. The number of pyridine rings is 1. The molecule has 6 rings (SSSR count). The molecule has 3 heterocycles. The van der Waals surface area contributed by atoms with Crippen molar-refractivity contribution in [2.45, 2.75) is 56.6 Å². The number of rotatable bonds is 9. The Labute approximate surface area is 243 Å². The molecule has 3 aromatic heterocycles. The molecule has 3 N–H and O–H groups in total. The monoisotopic (exact) mass is 596 g/mol. The van der Waals surface area contributed by atoms with Crippen LogP contribution in [0.3, 0.4) is 0 Å². The van der Waals surface area contributed by atoms with Gasteiger partial charge in [0, 0.05) is 18.5 Å². The van der Waals surface area contributed by atoms with Gasteiger partial charge in [0.15, 0.2) is 0 Å². The maximum Gasteiger partial charge on any atom is 0.229 e. The topological polar surface area (TPSA) is 124 Å². The zero-order valence-corrected chi connectivity index (χ0v) is 24.3. The summed E-state index contributed by atoms with van der Waals surface area (Å²) in [7, 11) is -3.12. The maximum atomic E-state index is 15.1. The highest BCUT2D eigenvalue weighted by molar-refractivity contribution is 7.90. The van der Waals surface area contributed by atoms with Gasteiger partial charge in [-0.3, -0.25) is 4.98 Å². The van der Waals surface area contributed by atoms with Gasteiger partial charge in [-0.1, -0.05) is 6.92 Å². The van der Waals surface area contributed by atoms with Crippen LogP contribution in [0.1, 0.15) is 55.6 Å². The standard InChI is InChI=1S/C30H34F2N6O3S/c1-17-11-20(14-25(33)29(17)41-9-10-42(2,39)40)22-7-8-34-16-27(22)36-30-35-15-21-5-6-26(37-38(21)30)28-23(31)12-19(13-24(28)32)18-3-4-18/h5-8,12-13,15-18,20,25,29H,3-4,9-11,14,33H2,1-2H3,(H,35,36)/t17-,20+,25+,29-/m0/s1. The highest BCUT2D eigenvalue weighted by Crippen LogP contribution is 2.42. The number of fused-ring (bicyclic) bond motifs is 1. The average molecular weight is 597 g/mol. The van der Waals surface area contributed by atoms with E-state index in [9.17, 15) is 8.42 Å². The Bertz CT molecular complexity index is 1690. The van der Waals surface area contributed by atoms with Gasteiger partial charge in [0.25, 0.3) is 0 Å². The van der Waals surface area contributed by atoms with Crippen LogP contribution in [-0.4, -0.2) is 58.8 Å². The number of benzene rings is 1. The number of nitrogens with one attached hydrogen (secondary N) is 1. The molecule has 42 heavy (non-hydrogen) atoms. The van der Waals surface area contributed by atoms with Gasteiger partial charge in [0.1, 0.15) is 21.5 Å². The summed E-state index contributed by atoms with van der Waals surface area (Å²) in [5, 5.41) is 7.87. The summed E-state index contributed by atoms with van der Waals surface area (Å²) in [5.74, 6) is -0.485. The number of imidazole rings is 1. The molecule has 1 aromatic carbocycles. The lowest BCUT2D eigenvalue weighted by Crippen LogP contribution is -2.47. The van der Waals surface area contributed by atoms with E-state index in [0.717, 1.165) is 30.5 Å². The van der Waals surface area contributed by atoms with Gasteiger partial charge in [0.2, 0.25) is 5.95 Å². The minimum Gasteiger partial charge on any atom is -0.375 e. The first kappa shape index (κ1) is 28.6. The summed E-state index contributed by atoms with van der Waals surface area (Å²) in [4.78, 5) is 8.78. The van der Waals surface area contributed by atoms with Crippen molar-refractivity contribution in [3.8, 4) is 11.3 Å². The molecule has 2 fully saturated rings. The highest BCUT2D eigenvalue weighted by Gasteiger charge is 2.36. The van der Waals surface area contributed by atoms with Crippen LogP contribution in [0.25, 0.3) is 16.8 Å². The molecule has 0 radical (unpaired) electrons. The summed E-state index contributed by atoms with van der Waals surface area (Å²) >= 11 is 0. The molecule has 4 atom stereocenters. The Morgan fingerprint density at radius 3 is 2.55 bits per heavy atom. The molecule has 2 aliphatic carbocycles. The number of sulfone groups is 1. The van der Waals surface area contributed by atoms with Crippen LogP contribution in [0.2, 0.25) is 0 Å². The van der Waals surface area contributed by atoms with Gasteiger partial charge in [-0.15, -0.1) is 0 Å². The second-order valence-corrected chi connectivity index (χ2v) is 13.9. The lowest BCUT2D eigenvalue weighted by atomic mass is 9.74. The van der Waals surface area contributed by atoms with Gasteiger partial charge < -0.3 is 15.8 Å². The van der Waals surface area contributed by atoms with Gasteiger partial charge in [-0.05, 0) is 84.9 Å². The predicted molar refractivity (Wildman–Crippen MR) is 156 cm³/mol. The number of nitrogens with zero attached hydrogens (tertiary/aromatic N) is 4. The summed E-state index contributed by atoms with van der Waals surface area (Å²) in [6.45, 7) is 2.18. The molecule has 2 saturated carbocycles. The Kier molecular flexibility index (Phi) is 7.71. The second-order valence-electron chi connectivity index (χ2n) is 11.6. The van der Waals surface area contributed by atoms with E-state index in [1.54, 1.807) is 30.7 Å². The summed E-state index contributed by atoms with van der Waals surface area (Å²) in [6.07, 6.45) is 9.36. The van der Waals surface area contributed by atoms with E-state index >= 15 is 8.78 Å². The lowest BCUT2D eigenvalue weighted by molar-refractivity contribution is -0.0152. The van der Waals surface area contributed by atoms with Crippen molar-refractivity contribution in [3.05, 3.63) is 71.7 Å². The normalized spacial score (nSPS) is 22.9. The Hall–Kier alpha value is -3.48. The quantitative estimate of drug-likeness (QED) is 0.278. The van der Waals surface area contributed by atoms with E-state index in [0.29, 0.717) is 23.4 Å².